The molecule has 1 saturated heterocycles. The zero-order valence-electron chi connectivity index (χ0n) is 12.0. The van der Waals surface area contributed by atoms with Crippen molar-refractivity contribution in [3.63, 3.8) is 0 Å². The van der Waals surface area contributed by atoms with Crippen molar-refractivity contribution in [2.24, 2.45) is 5.73 Å². The molecule has 0 aliphatic carbocycles. The smallest absolute Gasteiger partial charge is 0.274 e. The molecule has 1 amide bonds. The zero-order chi connectivity index (χ0) is 14.8. The molecule has 1 aromatic rings. The van der Waals surface area contributed by atoms with Gasteiger partial charge in [0, 0.05) is 32.4 Å². The van der Waals surface area contributed by atoms with E-state index in [1.165, 1.54) is 0 Å². The number of aromatic nitrogens is 2. The number of amides is 1. The Hall–Kier alpha value is -1.44. The number of carbonyl (C=O) groups is 1. The van der Waals surface area contributed by atoms with Gasteiger partial charge in [0.25, 0.3) is 5.91 Å². The van der Waals surface area contributed by atoms with E-state index in [-0.39, 0.29) is 18.6 Å². The predicted octanol–water partition coefficient (Wildman–Crippen LogP) is -0.546. The van der Waals surface area contributed by atoms with E-state index in [1.54, 1.807) is 22.0 Å². The topological polar surface area (TPSA) is 93.6 Å². The van der Waals surface area contributed by atoms with Crippen LogP contribution in [0.3, 0.4) is 0 Å². The predicted molar refractivity (Wildman–Crippen MR) is 73.2 cm³/mol. The first kappa shape index (κ1) is 15.0. The standard InChI is InChI=1S/C13H22N4O3/c1-13(2)8-17(5-10(7-18)20-13)12(19)11-6-16(4-3-14)9-15-11/h6,9-10,18H,3-5,7-8,14H2,1-2H3. The molecular weight excluding hydrogens is 260 g/mol. The fourth-order valence-electron chi connectivity index (χ4n) is 2.45. The number of carbonyl (C=O) groups excluding carboxylic acids is 1. The summed E-state index contributed by atoms with van der Waals surface area (Å²) in [5, 5.41) is 9.27. The fraction of sp³-hybridized carbons (Fsp3) is 0.692. The molecule has 7 heteroatoms. The molecule has 0 saturated carbocycles. The Morgan fingerprint density at radius 1 is 1.65 bits per heavy atom. The van der Waals surface area contributed by atoms with Crippen molar-refractivity contribution in [1.82, 2.24) is 14.5 Å². The minimum Gasteiger partial charge on any atom is -0.394 e. The van der Waals surface area contributed by atoms with E-state index < -0.39 is 5.60 Å². The number of rotatable bonds is 4. The van der Waals surface area contributed by atoms with Crippen molar-refractivity contribution < 1.29 is 14.6 Å². The van der Waals surface area contributed by atoms with Gasteiger partial charge in [0.15, 0.2) is 0 Å². The summed E-state index contributed by atoms with van der Waals surface area (Å²) in [6.07, 6.45) is 2.95. The number of aliphatic hydroxyl groups excluding tert-OH is 1. The van der Waals surface area contributed by atoms with E-state index >= 15 is 0 Å². The van der Waals surface area contributed by atoms with Crippen LogP contribution in [0.1, 0.15) is 24.3 Å². The fourth-order valence-corrected chi connectivity index (χ4v) is 2.45. The average Bonchev–Trinajstić information content (AvgIpc) is 2.85. The molecule has 1 aliphatic rings. The number of nitrogens with two attached hydrogens (primary N) is 1. The first-order valence-corrected chi connectivity index (χ1v) is 6.75. The van der Waals surface area contributed by atoms with Crippen molar-refractivity contribution >= 4 is 5.91 Å². The Morgan fingerprint density at radius 2 is 2.40 bits per heavy atom. The van der Waals surface area contributed by atoms with Crippen LogP contribution in [0.15, 0.2) is 12.5 Å². The van der Waals surface area contributed by atoms with Crippen LogP contribution < -0.4 is 5.73 Å². The number of hydrogen-bond acceptors (Lipinski definition) is 5. The van der Waals surface area contributed by atoms with Gasteiger partial charge in [-0.25, -0.2) is 4.98 Å². The Morgan fingerprint density at radius 3 is 3.05 bits per heavy atom. The largest absolute Gasteiger partial charge is 0.394 e. The Labute approximate surface area is 118 Å². The summed E-state index contributed by atoms with van der Waals surface area (Å²) in [6.45, 7) is 5.70. The monoisotopic (exact) mass is 282 g/mol. The van der Waals surface area contributed by atoms with Crippen molar-refractivity contribution in [3.05, 3.63) is 18.2 Å². The molecule has 1 atom stereocenters. The summed E-state index contributed by atoms with van der Waals surface area (Å²) in [7, 11) is 0. The molecule has 1 aromatic heterocycles. The number of aliphatic hydroxyl groups is 1. The van der Waals surface area contributed by atoms with Gasteiger partial charge in [0.05, 0.1) is 24.6 Å². The van der Waals surface area contributed by atoms with Gasteiger partial charge in [-0.15, -0.1) is 0 Å². The SMILES string of the molecule is CC1(C)CN(C(=O)c2cn(CCN)cn2)CC(CO)O1. The lowest BCUT2D eigenvalue weighted by Gasteiger charge is -2.42. The normalized spacial score (nSPS) is 22.0. The maximum Gasteiger partial charge on any atom is 0.274 e. The highest BCUT2D eigenvalue weighted by atomic mass is 16.5. The van der Waals surface area contributed by atoms with Gasteiger partial charge in [0.1, 0.15) is 5.69 Å². The maximum absolute atomic E-state index is 12.4. The molecule has 0 radical (unpaired) electrons. The Kier molecular flexibility index (Phi) is 4.42. The molecule has 0 bridgehead atoms. The highest BCUT2D eigenvalue weighted by molar-refractivity contribution is 5.92. The lowest BCUT2D eigenvalue weighted by molar-refractivity contribution is -0.139. The highest BCUT2D eigenvalue weighted by Crippen LogP contribution is 2.22. The zero-order valence-corrected chi connectivity index (χ0v) is 12.0. The van der Waals surface area contributed by atoms with Crippen molar-refractivity contribution in [3.8, 4) is 0 Å². The second-order valence-corrected chi connectivity index (χ2v) is 5.65. The third-order valence-corrected chi connectivity index (χ3v) is 3.21. The third-order valence-electron chi connectivity index (χ3n) is 3.21. The molecule has 1 aliphatic heterocycles. The Balaban J connectivity index is 2.10. The number of morpholine rings is 1. The number of ether oxygens (including phenoxy) is 1. The van der Waals surface area contributed by atoms with Crippen LogP contribution in [0.5, 0.6) is 0 Å². The van der Waals surface area contributed by atoms with Crippen molar-refractivity contribution in [1.29, 1.82) is 0 Å². The molecule has 1 unspecified atom stereocenters. The van der Waals surface area contributed by atoms with E-state index in [2.05, 4.69) is 4.98 Å². The summed E-state index contributed by atoms with van der Waals surface area (Å²) in [5.41, 5.74) is 5.40. The molecule has 0 aromatic carbocycles. The van der Waals surface area contributed by atoms with E-state index in [1.807, 2.05) is 13.8 Å². The molecule has 2 heterocycles. The van der Waals surface area contributed by atoms with Gasteiger partial charge in [-0.05, 0) is 13.8 Å². The van der Waals surface area contributed by atoms with E-state index in [0.717, 1.165) is 0 Å². The highest BCUT2D eigenvalue weighted by Gasteiger charge is 2.36. The molecule has 7 nitrogen and oxygen atoms in total. The summed E-state index contributed by atoms with van der Waals surface area (Å²) in [5.74, 6) is -0.143. The lowest BCUT2D eigenvalue weighted by Crippen LogP contribution is -2.55. The number of nitrogens with zero attached hydrogens (tertiary/aromatic N) is 3. The molecule has 0 spiro atoms. The van der Waals surface area contributed by atoms with Gasteiger partial charge >= 0.3 is 0 Å². The van der Waals surface area contributed by atoms with Crippen LogP contribution >= 0.6 is 0 Å². The van der Waals surface area contributed by atoms with Crippen LogP contribution in [-0.4, -0.2) is 63.4 Å². The van der Waals surface area contributed by atoms with E-state index in [9.17, 15) is 9.90 Å². The molecule has 2 rings (SSSR count). The second kappa shape index (κ2) is 5.90. The Bertz CT molecular complexity index is 472. The van der Waals surface area contributed by atoms with Gasteiger partial charge in [-0.3, -0.25) is 4.79 Å². The van der Waals surface area contributed by atoms with Gasteiger partial charge in [-0.2, -0.15) is 0 Å². The summed E-state index contributed by atoms with van der Waals surface area (Å²) < 4.78 is 7.49. The van der Waals surface area contributed by atoms with Gasteiger partial charge in [-0.1, -0.05) is 0 Å². The van der Waals surface area contributed by atoms with Crippen LogP contribution in [0.2, 0.25) is 0 Å². The van der Waals surface area contributed by atoms with Gasteiger partial charge < -0.3 is 25.0 Å². The van der Waals surface area contributed by atoms with Crippen LogP contribution in [-0.2, 0) is 11.3 Å². The number of imidazole rings is 1. The average molecular weight is 282 g/mol. The quantitative estimate of drug-likeness (QED) is 0.773. The summed E-state index contributed by atoms with van der Waals surface area (Å²) in [6, 6.07) is 0. The minimum atomic E-state index is -0.471. The first-order chi connectivity index (χ1) is 9.45. The minimum absolute atomic E-state index is 0.102. The molecule has 3 N–H and O–H groups in total. The van der Waals surface area contributed by atoms with Gasteiger partial charge in [0.2, 0.25) is 0 Å². The molecule has 20 heavy (non-hydrogen) atoms. The molecule has 1 fully saturated rings. The van der Waals surface area contributed by atoms with Crippen LogP contribution in [0, 0.1) is 0 Å². The number of hydrogen-bond donors (Lipinski definition) is 2. The second-order valence-electron chi connectivity index (χ2n) is 5.65. The van der Waals surface area contributed by atoms with Crippen LogP contribution in [0.25, 0.3) is 0 Å². The van der Waals surface area contributed by atoms with Crippen molar-refractivity contribution in [2.45, 2.75) is 32.1 Å². The first-order valence-electron chi connectivity index (χ1n) is 6.75. The molecular formula is C13H22N4O3. The lowest BCUT2D eigenvalue weighted by atomic mass is 10.0. The summed E-state index contributed by atoms with van der Waals surface area (Å²) >= 11 is 0. The maximum atomic E-state index is 12.4. The third kappa shape index (κ3) is 3.36. The molecule has 112 valence electrons. The van der Waals surface area contributed by atoms with E-state index in [0.29, 0.717) is 31.9 Å². The van der Waals surface area contributed by atoms with E-state index in [4.69, 9.17) is 10.5 Å². The van der Waals surface area contributed by atoms with Crippen LogP contribution in [0.4, 0.5) is 0 Å². The van der Waals surface area contributed by atoms with Crippen molar-refractivity contribution in [2.75, 3.05) is 26.2 Å². The summed E-state index contributed by atoms with van der Waals surface area (Å²) in [4.78, 5) is 18.2.